The van der Waals surface area contributed by atoms with Gasteiger partial charge in [-0.15, -0.1) is 0 Å². The second-order valence-electron chi connectivity index (χ2n) is 3.71. The first-order chi connectivity index (χ1) is 7.65. The second kappa shape index (κ2) is 6.44. The summed E-state index contributed by atoms with van der Waals surface area (Å²) in [5.41, 5.74) is 0. The quantitative estimate of drug-likeness (QED) is 0.620. The van der Waals surface area contributed by atoms with Crippen molar-refractivity contribution < 1.29 is 14.3 Å². The van der Waals surface area contributed by atoms with Gasteiger partial charge < -0.3 is 20.3 Å². The number of morpholine rings is 1. The van der Waals surface area contributed by atoms with Crippen molar-refractivity contribution in [1.82, 2.24) is 15.5 Å². The lowest BCUT2D eigenvalue weighted by molar-refractivity contribution is -0.133. The van der Waals surface area contributed by atoms with Crippen LogP contribution in [0.1, 0.15) is 6.92 Å². The minimum absolute atomic E-state index is 0.0430. The first-order valence-electron chi connectivity index (χ1n) is 5.48. The van der Waals surface area contributed by atoms with E-state index in [1.165, 1.54) is 0 Å². The Morgan fingerprint density at radius 2 is 2.31 bits per heavy atom. The molecule has 1 saturated heterocycles. The van der Waals surface area contributed by atoms with Crippen molar-refractivity contribution in [2.75, 3.05) is 39.9 Å². The number of nitrogens with one attached hydrogen (secondary N) is 2. The zero-order valence-electron chi connectivity index (χ0n) is 9.78. The van der Waals surface area contributed by atoms with Crippen LogP contribution in [-0.2, 0) is 14.3 Å². The smallest absolute Gasteiger partial charge is 0.241 e. The van der Waals surface area contributed by atoms with Crippen molar-refractivity contribution in [3.05, 3.63) is 0 Å². The van der Waals surface area contributed by atoms with E-state index in [2.05, 4.69) is 10.6 Å². The topological polar surface area (TPSA) is 70.7 Å². The number of carbonyl (C=O) groups excluding carboxylic acids is 2. The summed E-state index contributed by atoms with van der Waals surface area (Å²) < 4.78 is 5.16. The Morgan fingerprint density at radius 1 is 1.56 bits per heavy atom. The predicted octanol–water partition coefficient (Wildman–Crippen LogP) is -1.43. The molecule has 1 heterocycles. The Labute approximate surface area is 95.3 Å². The average molecular weight is 229 g/mol. The Hall–Kier alpha value is -1.14. The SMILES string of the molecule is CCN(C)C(=O)CNC(=O)C1COCCN1. The molecule has 1 atom stereocenters. The Morgan fingerprint density at radius 3 is 2.88 bits per heavy atom. The van der Waals surface area contributed by atoms with Crippen LogP contribution in [0.15, 0.2) is 0 Å². The fraction of sp³-hybridized carbons (Fsp3) is 0.800. The van der Waals surface area contributed by atoms with Crippen LogP contribution in [0.4, 0.5) is 0 Å². The van der Waals surface area contributed by atoms with Crippen molar-refractivity contribution >= 4 is 11.8 Å². The van der Waals surface area contributed by atoms with Crippen LogP contribution in [0.3, 0.4) is 0 Å². The molecule has 16 heavy (non-hydrogen) atoms. The van der Waals surface area contributed by atoms with Crippen LogP contribution < -0.4 is 10.6 Å². The lowest BCUT2D eigenvalue weighted by atomic mass is 10.2. The van der Waals surface area contributed by atoms with E-state index in [4.69, 9.17) is 4.74 Å². The van der Waals surface area contributed by atoms with Crippen molar-refractivity contribution in [3.63, 3.8) is 0 Å². The lowest BCUT2D eigenvalue weighted by Crippen LogP contribution is -2.52. The summed E-state index contributed by atoms with van der Waals surface area (Å²) in [5.74, 6) is -0.273. The molecule has 0 aromatic rings. The zero-order chi connectivity index (χ0) is 12.0. The number of ether oxygens (including phenoxy) is 1. The standard InChI is InChI=1S/C10H19N3O3/c1-3-13(2)9(14)6-12-10(15)8-7-16-5-4-11-8/h8,11H,3-7H2,1-2H3,(H,12,15). The van der Waals surface area contributed by atoms with E-state index in [0.717, 1.165) is 0 Å². The fourth-order valence-corrected chi connectivity index (χ4v) is 1.33. The highest BCUT2D eigenvalue weighted by Gasteiger charge is 2.21. The number of rotatable bonds is 4. The van der Waals surface area contributed by atoms with Crippen LogP contribution in [-0.4, -0.2) is 62.7 Å². The maximum Gasteiger partial charge on any atom is 0.241 e. The van der Waals surface area contributed by atoms with Gasteiger partial charge >= 0.3 is 0 Å². The van der Waals surface area contributed by atoms with Gasteiger partial charge in [0.05, 0.1) is 19.8 Å². The highest BCUT2D eigenvalue weighted by atomic mass is 16.5. The molecule has 1 aliphatic heterocycles. The molecule has 2 amide bonds. The first kappa shape index (κ1) is 12.9. The van der Waals surface area contributed by atoms with Crippen LogP contribution >= 0.6 is 0 Å². The van der Waals surface area contributed by atoms with Crippen LogP contribution in [0.2, 0.25) is 0 Å². The Bertz CT molecular complexity index is 252. The molecule has 0 radical (unpaired) electrons. The summed E-state index contributed by atoms with van der Waals surface area (Å²) in [6, 6.07) is -0.339. The van der Waals surface area contributed by atoms with Crippen molar-refractivity contribution in [3.8, 4) is 0 Å². The van der Waals surface area contributed by atoms with Gasteiger partial charge in [0.15, 0.2) is 0 Å². The van der Waals surface area contributed by atoms with Crippen LogP contribution in [0.25, 0.3) is 0 Å². The second-order valence-corrected chi connectivity index (χ2v) is 3.71. The lowest BCUT2D eigenvalue weighted by Gasteiger charge is -2.23. The minimum Gasteiger partial charge on any atom is -0.378 e. The highest BCUT2D eigenvalue weighted by Crippen LogP contribution is 1.93. The largest absolute Gasteiger partial charge is 0.378 e. The van der Waals surface area contributed by atoms with E-state index in [1.807, 2.05) is 6.92 Å². The molecule has 0 bridgehead atoms. The van der Waals surface area contributed by atoms with Gasteiger partial charge in [-0.3, -0.25) is 9.59 Å². The summed E-state index contributed by atoms with van der Waals surface area (Å²) in [6.07, 6.45) is 0. The van der Waals surface area contributed by atoms with E-state index in [0.29, 0.717) is 26.3 Å². The van der Waals surface area contributed by atoms with Crippen molar-refractivity contribution in [2.45, 2.75) is 13.0 Å². The molecule has 0 aliphatic carbocycles. The molecule has 1 unspecified atom stereocenters. The molecule has 0 spiro atoms. The number of nitrogens with zero attached hydrogens (tertiary/aromatic N) is 1. The molecule has 6 nitrogen and oxygen atoms in total. The number of hydrogen-bond acceptors (Lipinski definition) is 4. The van der Waals surface area contributed by atoms with E-state index >= 15 is 0 Å². The van der Waals surface area contributed by atoms with Gasteiger partial charge in [-0.25, -0.2) is 0 Å². The third-order valence-electron chi connectivity index (χ3n) is 2.55. The summed E-state index contributed by atoms with van der Waals surface area (Å²) in [5, 5.41) is 5.62. The van der Waals surface area contributed by atoms with Gasteiger partial charge in [-0.2, -0.15) is 0 Å². The van der Waals surface area contributed by atoms with Gasteiger partial charge in [0, 0.05) is 20.1 Å². The predicted molar refractivity (Wildman–Crippen MR) is 58.9 cm³/mol. The summed E-state index contributed by atoms with van der Waals surface area (Å²) >= 11 is 0. The van der Waals surface area contributed by atoms with E-state index < -0.39 is 0 Å². The van der Waals surface area contributed by atoms with Gasteiger partial charge in [0.2, 0.25) is 11.8 Å². The van der Waals surface area contributed by atoms with E-state index in [9.17, 15) is 9.59 Å². The molecule has 2 N–H and O–H groups in total. The third kappa shape index (κ3) is 3.79. The first-order valence-corrected chi connectivity index (χ1v) is 5.48. The number of carbonyl (C=O) groups is 2. The molecular weight excluding hydrogens is 210 g/mol. The molecule has 0 saturated carbocycles. The van der Waals surface area contributed by atoms with Gasteiger partial charge in [-0.05, 0) is 6.92 Å². The average Bonchev–Trinajstić information content (AvgIpc) is 2.35. The Kier molecular flexibility index (Phi) is 5.21. The van der Waals surface area contributed by atoms with Crippen LogP contribution in [0.5, 0.6) is 0 Å². The molecule has 1 aliphatic rings. The van der Waals surface area contributed by atoms with Crippen molar-refractivity contribution in [2.24, 2.45) is 0 Å². The number of amides is 2. The van der Waals surface area contributed by atoms with Crippen LogP contribution in [0, 0.1) is 0 Å². The third-order valence-corrected chi connectivity index (χ3v) is 2.55. The monoisotopic (exact) mass is 229 g/mol. The number of likely N-dealkylation sites (N-methyl/N-ethyl adjacent to an activating group) is 1. The summed E-state index contributed by atoms with van der Waals surface area (Å²) in [6.45, 7) is 4.23. The molecule has 0 aromatic carbocycles. The molecule has 0 aromatic heterocycles. The van der Waals surface area contributed by atoms with Gasteiger partial charge in [-0.1, -0.05) is 0 Å². The summed E-state index contributed by atoms with van der Waals surface area (Å²) in [7, 11) is 1.70. The van der Waals surface area contributed by atoms with E-state index in [1.54, 1.807) is 11.9 Å². The number of hydrogen-bond donors (Lipinski definition) is 2. The molecule has 1 fully saturated rings. The molecular formula is C10H19N3O3. The summed E-state index contributed by atoms with van der Waals surface area (Å²) in [4.78, 5) is 24.6. The van der Waals surface area contributed by atoms with E-state index in [-0.39, 0.29) is 24.4 Å². The van der Waals surface area contributed by atoms with Crippen molar-refractivity contribution in [1.29, 1.82) is 0 Å². The minimum atomic E-state index is -0.339. The highest BCUT2D eigenvalue weighted by molar-refractivity contribution is 5.87. The molecule has 92 valence electrons. The maximum atomic E-state index is 11.6. The fourth-order valence-electron chi connectivity index (χ4n) is 1.33. The van der Waals surface area contributed by atoms with Gasteiger partial charge in [0.25, 0.3) is 0 Å². The molecule has 6 heteroatoms. The van der Waals surface area contributed by atoms with Gasteiger partial charge in [0.1, 0.15) is 6.04 Å². The zero-order valence-corrected chi connectivity index (χ0v) is 9.78. The maximum absolute atomic E-state index is 11.6. The molecule has 1 rings (SSSR count). The Balaban J connectivity index is 2.26. The normalized spacial score (nSPS) is 20.2.